The van der Waals surface area contributed by atoms with Crippen LogP contribution in [0.25, 0.3) is 11.1 Å². The summed E-state index contributed by atoms with van der Waals surface area (Å²) < 4.78 is 6.39. The van der Waals surface area contributed by atoms with Crippen LogP contribution in [0.5, 0.6) is 0 Å². The molecular weight excluding hydrogens is 232 g/mol. The molecule has 0 spiro atoms. The van der Waals surface area contributed by atoms with Gasteiger partial charge in [-0.2, -0.15) is 0 Å². The molecular formula is C13H16N2O3. The number of hydrogen-bond acceptors (Lipinski definition) is 3. The fourth-order valence-corrected chi connectivity index (χ4v) is 1.75. The van der Waals surface area contributed by atoms with Crippen LogP contribution in [0.15, 0.2) is 27.4 Å². The number of nitrogens with one attached hydrogen (secondary N) is 1. The Bertz CT molecular complexity index is 625. The maximum absolute atomic E-state index is 11.9. The predicted molar refractivity (Wildman–Crippen MR) is 68.7 cm³/mol. The number of carbonyl (C=O) groups excluding carboxylic acids is 1. The van der Waals surface area contributed by atoms with Crippen molar-refractivity contribution in [1.29, 1.82) is 0 Å². The molecule has 5 heteroatoms. The molecule has 0 bridgehead atoms. The minimum atomic E-state index is -0.423. The Hall–Kier alpha value is -2.04. The molecule has 0 fully saturated rings. The highest BCUT2D eigenvalue weighted by molar-refractivity contribution is 5.97. The zero-order valence-corrected chi connectivity index (χ0v) is 10.5. The van der Waals surface area contributed by atoms with Crippen LogP contribution in [0.1, 0.15) is 30.1 Å². The zero-order valence-electron chi connectivity index (χ0n) is 10.5. The van der Waals surface area contributed by atoms with Crippen molar-refractivity contribution in [2.75, 3.05) is 6.54 Å². The molecule has 0 saturated heterocycles. The van der Waals surface area contributed by atoms with Gasteiger partial charge in [0.05, 0.1) is 5.52 Å². The van der Waals surface area contributed by atoms with E-state index in [-0.39, 0.29) is 5.91 Å². The number of benzene rings is 1. The number of aryl methyl sites for hydroxylation is 1. The first kappa shape index (κ1) is 12.4. The molecule has 0 radical (unpaired) electrons. The highest BCUT2D eigenvalue weighted by Crippen LogP contribution is 2.14. The number of oxazole rings is 1. The largest absolute Gasteiger partial charge is 0.419 e. The molecule has 96 valence electrons. The van der Waals surface area contributed by atoms with Crippen molar-refractivity contribution in [1.82, 2.24) is 9.88 Å². The fraction of sp³-hybridized carbons (Fsp3) is 0.385. The standard InChI is InChI=1S/C13H16N2O3/c1-3-4-7-14-12(16)9-5-6-11-10(8-9)15(2)13(17)18-11/h5-6,8H,3-4,7H2,1-2H3,(H,14,16). The minimum Gasteiger partial charge on any atom is -0.408 e. The number of aromatic nitrogens is 1. The molecule has 1 amide bonds. The third-order valence-electron chi connectivity index (χ3n) is 2.87. The number of fused-ring (bicyclic) bond motifs is 1. The molecule has 5 nitrogen and oxygen atoms in total. The average Bonchev–Trinajstić information content (AvgIpc) is 2.65. The molecule has 0 aliphatic rings. The summed E-state index contributed by atoms with van der Waals surface area (Å²) in [6, 6.07) is 4.97. The molecule has 2 aromatic rings. The summed E-state index contributed by atoms with van der Waals surface area (Å²) in [6.45, 7) is 2.73. The average molecular weight is 248 g/mol. The van der Waals surface area contributed by atoms with E-state index >= 15 is 0 Å². The van der Waals surface area contributed by atoms with Crippen LogP contribution in [0, 0.1) is 0 Å². The van der Waals surface area contributed by atoms with Gasteiger partial charge in [-0.3, -0.25) is 9.36 Å². The van der Waals surface area contributed by atoms with Gasteiger partial charge in [-0.15, -0.1) is 0 Å². The Morgan fingerprint density at radius 1 is 1.44 bits per heavy atom. The van der Waals surface area contributed by atoms with E-state index in [0.29, 0.717) is 23.2 Å². The summed E-state index contributed by atoms with van der Waals surface area (Å²) in [4.78, 5) is 23.2. The molecule has 1 aromatic carbocycles. The second kappa shape index (κ2) is 5.08. The van der Waals surface area contributed by atoms with Gasteiger partial charge in [-0.1, -0.05) is 13.3 Å². The zero-order chi connectivity index (χ0) is 13.1. The molecule has 0 aliphatic heterocycles. The van der Waals surface area contributed by atoms with Crippen molar-refractivity contribution < 1.29 is 9.21 Å². The van der Waals surface area contributed by atoms with Crippen LogP contribution >= 0.6 is 0 Å². The maximum atomic E-state index is 11.9. The maximum Gasteiger partial charge on any atom is 0.419 e. The lowest BCUT2D eigenvalue weighted by Crippen LogP contribution is -2.24. The molecule has 0 saturated carbocycles. The van der Waals surface area contributed by atoms with Gasteiger partial charge >= 0.3 is 5.76 Å². The topological polar surface area (TPSA) is 64.2 Å². The summed E-state index contributed by atoms with van der Waals surface area (Å²) in [5.41, 5.74) is 1.66. The van der Waals surface area contributed by atoms with Crippen LogP contribution in [-0.4, -0.2) is 17.0 Å². The SMILES string of the molecule is CCCCNC(=O)c1ccc2oc(=O)n(C)c2c1. The van der Waals surface area contributed by atoms with E-state index in [0.717, 1.165) is 12.8 Å². The van der Waals surface area contributed by atoms with E-state index in [2.05, 4.69) is 12.2 Å². The summed E-state index contributed by atoms with van der Waals surface area (Å²) in [6.07, 6.45) is 1.99. The third-order valence-corrected chi connectivity index (χ3v) is 2.87. The van der Waals surface area contributed by atoms with Gasteiger partial charge in [-0.05, 0) is 24.6 Å². The van der Waals surface area contributed by atoms with Crippen molar-refractivity contribution in [2.45, 2.75) is 19.8 Å². The molecule has 0 aliphatic carbocycles. The molecule has 0 atom stereocenters. The highest BCUT2D eigenvalue weighted by Gasteiger charge is 2.10. The molecule has 18 heavy (non-hydrogen) atoms. The minimum absolute atomic E-state index is 0.126. The van der Waals surface area contributed by atoms with E-state index in [1.807, 2.05) is 0 Å². The van der Waals surface area contributed by atoms with Crippen LogP contribution in [0.2, 0.25) is 0 Å². The molecule has 0 unspecified atom stereocenters. The smallest absolute Gasteiger partial charge is 0.408 e. The Kier molecular flexibility index (Phi) is 3.50. The number of amides is 1. The van der Waals surface area contributed by atoms with Crippen molar-refractivity contribution in [3.05, 3.63) is 34.3 Å². The first-order valence-corrected chi connectivity index (χ1v) is 6.01. The van der Waals surface area contributed by atoms with E-state index in [9.17, 15) is 9.59 Å². The number of hydrogen-bond donors (Lipinski definition) is 1. The van der Waals surface area contributed by atoms with Gasteiger partial charge in [0.15, 0.2) is 5.58 Å². The molecule has 1 N–H and O–H groups in total. The van der Waals surface area contributed by atoms with E-state index in [1.165, 1.54) is 4.57 Å². The Morgan fingerprint density at radius 3 is 2.94 bits per heavy atom. The van der Waals surface area contributed by atoms with Crippen molar-refractivity contribution in [3.8, 4) is 0 Å². The Balaban J connectivity index is 2.26. The van der Waals surface area contributed by atoms with Crippen LogP contribution < -0.4 is 11.1 Å². The van der Waals surface area contributed by atoms with Gasteiger partial charge in [0.1, 0.15) is 0 Å². The first-order valence-electron chi connectivity index (χ1n) is 6.01. The lowest BCUT2D eigenvalue weighted by atomic mass is 10.2. The quantitative estimate of drug-likeness (QED) is 0.837. The summed E-state index contributed by atoms with van der Waals surface area (Å²) in [5.74, 6) is -0.549. The normalized spacial score (nSPS) is 10.8. The number of carbonyl (C=O) groups is 1. The Labute approximate surface area is 104 Å². The van der Waals surface area contributed by atoms with E-state index in [1.54, 1.807) is 25.2 Å². The fourth-order valence-electron chi connectivity index (χ4n) is 1.75. The number of unbranched alkanes of at least 4 members (excludes halogenated alkanes) is 1. The van der Waals surface area contributed by atoms with Crippen molar-refractivity contribution in [3.63, 3.8) is 0 Å². The molecule has 1 aromatic heterocycles. The summed E-state index contributed by atoms with van der Waals surface area (Å²) in [5, 5.41) is 2.83. The molecule has 1 heterocycles. The van der Waals surface area contributed by atoms with Crippen molar-refractivity contribution in [2.24, 2.45) is 7.05 Å². The van der Waals surface area contributed by atoms with Crippen molar-refractivity contribution >= 4 is 17.0 Å². The van der Waals surface area contributed by atoms with Gasteiger partial charge in [-0.25, -0.2) is 4.79 Å². The third kappa shape index (κ3) is 2.30. The van der Waals surface area contributed by atoms with Gasteiger partial charge < -0.3 is 9.73 Å². The summed E-state index contributed by atoms with van der Waals surface area (Å²) >= 11 is 0. The van der Waals surface area contributed by atoms with E-state index < -0.39 is 5.76 Å². The Morgan fingerprint density at radius 2 is 2.22 bits per heavy atom. The monoisotopic (exact) mass is 248 g/mol. The second-order valence-electron chi connectivity index (χ2n) is 4.22. The van der Waals surface area contributed by atoms with Crippen LogP contribution in [-0.2, 0) is 7.05 Å². The van der Waals surface area contributed by atoms with Crippen LogP contribution in [0.3, 0.4) is 0 Å². The van der Waals surface area contributed by atoms with Crippen LogP contribution in [0.4, 0.5) is 0 Å². The van der Waals surface area contributed by atoms with Gasteiger partial charge in [0, 0.05) is 19.2 Å². The summed E-state index contributed by atoms with van der Waals surface area (Å²) in [7, 11) is 1.62. The lowest BCUT2D eigenvalue weighted by molar-refractivity contribution is 0.0953. The first-order chi connectivity index (χ1) is 8.63. The number of rotatable bonds is 4. The highest BCUT2D eigenvalue weighted by atomic mass is 16.4. The molecule has 2 rings (SSSR count). The van der Waals surface area contributed by atoms with Gasteiger partial charge in [0.25, 0.3) is 5.91 Å². The number of nitrogens with zero attached hydrogens (tertiary/aromatic N) is 1. The predicted octanol–water partition coefficient (Wildman–Crippen LogP) is 1.66. The van der Waals surface area contributed by atoms with E-state index in [4.69, 9.17) is 4.42 Å². The second-order valence-corrected chi connectivity index (χ2v) is 4.22. The van der Waals surface area contributed by atoms with Gasteiger partial charge in [0.2, 0.25) is 0 Å². The lowest BCUT2D eigenvalue weighted by Gasteiger charge is -2.04.